The number of amides is 1. The summed E-state index contributed by atoms with van der Waals surface area (Å²) in [5.41, 5.74) is 0.423. The molecule has 0 saturated carbocycles. The summed E-state index contributed by atoms with van der Waals surface area (Å²) in [4.78, 5) is 30.4. The van der Waals surface area contributed by atoms with Crippen LogP contribution in [0.1, 0.15) is 36.5 Å². The highest BCUT2D eigenvalue weighted by molar-refractivity contribution is 5.86. The molecule has 1 aromatic heterocycles. The van der Waals surface area contributed by atoms with Crippen molar-refractivity contribution in [2.75, 3.05) is 11.9 Å². The van der Waals surface area contributed by atoms with Crippen molar-refractivity contribution in [2.45, 2.75) is 33.2 Å². The zero-order valence-electron chi connectivity index (χ0n) is 11.2. The number of hydrogen-bond acceptors (Lipinski definition) is 5. The van der Waals surface area contributed by atoms with Crippen LogP contribution in [0.4, 0.5) is 5.95 Å². The van der Waals surface area contributed by atoms with Crippen LogP contribution in [-0.2, 0) is 4.79 Å². The summed E-state index contributed by atoms with van der Waals surface area (Å²) >= 11 is 0. The molecule has 1 rings (SSSR count). The number of rotatable bonds is 6. The average Bonchev–Trinajstić information content (AvgIpc) is 2.34. The predicted molar refractivity (Wildman–Crippen MR) is 70.1 cm³/mol. The number of aromatic nitrogens is 2. The van der Waals surface area contributed by atoms with E-state index in [1.165, 1.54) is 6.07 Å². The van der Waals surface area contributed by atoms with E-state index in [1.807, 2.05) is 6.92 Å². The summed E-state index contributed by atoms with van der Waals surface area (Å²) in [5.74, 6) is -1.17. The van der Waals surface area contributed by atoms with E-state index in [2.05, 4.69) is 20.6 Å². The molecule has 104 valence electrons. The second kappa shape index (κ2) is 6.67. The van der Waals surface area contributed by atoms with Gasteiger partial charge in [-0.15, -0.1) is 0 Å². The first-order valence-electron chi connectivity index (χ1n) is 6.07. The third-order valence-corrected chi connectivity index (χ3v) is 2.36. The zero-order chi connectivity index (χ0) is 14.4. The van der Waals surface area contributed by atoms with E-state index in [0.29, 0.717) is 12.2 Å². The summed E-state index contributed by atoms with van der Waals surface area (Å²) < 4.78 is 0. The molecule has 1 amide bonds. The second-order valence-corrected chi connectivity index (χ2v) is 4.18. The molecule has 19 heavy (non-hydrogen) atoms. The maximum Gasteiger partial charge on any atom is 0.354 e. The SMILES string of the molecule is CCCNC(=O)C(C)Nc1nc(C)cc(C(=O)O)n1. The quantitative estimate of drug-likeness (QED) is 0.704. The first-order valence-corrected chi connectivity index (χ1v) is 6.07. The highest BCUT2D eigenvalue weighted by atomic mass is 16.4. The van der Waals surface area contributed by atoms with Crippen LogP contribution in [0, 0.1) is 6.92 Å². The lowest BCUT2D eigenvalue weighted by atomic mass is 10.3. The van der Waals surface area contributed by atoms with Crippen molar-refractivity contribution in [3.63, 3.8) is 0 Å². The Labute approximate surface area is 111 Å². The molecule has 0 radical (unpaired) electrons. The monoisotopic (exact) mass is 266 g/mol. The largest absolute Gasteiger partial charge is 0.477 e. The van der Waals surface area contributed by atoms with Crippen LogP contribution < -0.4 is 10.6 Å². The second-order valence-electron chi connectivity index (χ2n) is 4.18. The normalized spacial score (nSPS) is 11.7. The molecule has 1 heterocycles. The van der Waals surface area contributed by atoms with E-state index in [4.69, 9.17) is 5.11 Å². The van der Waals surface area contributed by atoms with Crippen LogP contribution >= 0.6 is 0 Å². The van der Waals surface area contributed by atoms with Crippen LogP contribution in [0.3, 0.4) is 0 Å². The fraction of sp³-hybridized carbons (Fsp3) is 0.500. The Morgan fingerprint density at radius 3 is 2.68 bits per heavy atom. The summed E-state index contributed by atoms with van der Waals surface area (Å²) in [6, 6.07) is 0.838. The highest BCUT2D eigenvalue weighted by Crippen LogP contribution is 2.06. The van der Waals surface area contributed by atoms with E-state index >= 15 is 0 Å². The van der Waals surface area contributed by atoms with Crippen molar-refractivity contribution in [3.05, 3.63) is 17.5 Å². The number of anilines is 1. The van der Waals surface area contributed by atoms with E-state index in [9.17, 15) is 9.59 Å². The number of nitrogens with zero attached hydrogens (tertiary/aromatic N) is 2. The maximum absolute atomic E-state index is 11.7. The van der Waals surface area contributed by atoms with Gasteiger partial charge in [0.15, 0.2) is 5.69 Å². The molecule has 0 aliphatic carbocycles. The van der Waals surface area contributed by atoms with Gasteiger partial charge in [-0.1, -0.05) is 6.92 Å². The number of nitrogens with one attached hydrogen (secondary N) is 2. The third kappa shape index (κ3) is 4.53. The van der Waals surface area contributed by atoms with Gasteiger partial charge >= 0.3 is 5.97 Å². The van der Waals surface area contributed by atoms with E-state index < -0.39 is 12.0 Å². The van der Waals surface area contributed by atoms with Crippen molar-refractivity contribution in [1.82, 2.24) is 15.3 Å². The number of carbonyl (C=O) groups excluding carboxylic acids is 1. The average molecular weight is 266 g/mol. The predicted octanol–water partition coefficient (Wildman–Crippen LogP) is 0.810. The number of carboxylic acid groups (broad SMARTS) is 1. The number of aromatic carboxylic acids is 1. The van der Waals surface area contributed by atoms with Gasteiger partial charge in [0, 0.05) is 12.2 Å². The van der Waals surface area contributed by atoms with Crippen molar-refractivity contribution in [1.29, 1.82) is 0 Å². The Morgan fingerprint density at radius 2 is 2.11 bits per heavy atom. The van der Waals surface area contributed by atoms with Crippen LogP contribution in [0.5, 0.6) is 0 Å². The summed E-state index contributed by atoms with van der Waals surface area (Å²) in [6.07, 6.45) is 0.850. The molecule has 0 bridgehead atoms. The lowest BCUT2D eigenvalue weighted by Crippen LogP contribution is -2.38. The number of carbonyl (C=O) groups is 2. The lowest BCUT2D eigenvalue weighted by Gasteiger charge is -2.14. The maximum atomic E-state index is 11.7. The topological polar surface area (TPSA) is 104 Å². The van der Waals surface area contributed by atoms with E-state index in [-0.39, 0.29) is 17.5 Å². The molecule has 0 spiro atoms. The molecule has 0 fully saturated rings. The molecule has 1 atom stereocenters. The van der Waals surface area contributed by atoms with Gasteiger partial charge in [-0.25, -0.2) is 14.8 Å². The third-order valence-electron chi connectivity index (χ3n) is 2.36. The van der Waals surface area contributed by atoms with Gasteiger partial charge in [-0.2, -0.15) is 0 Å². The van der Waals surface area contributed by atoms with Crippen LogP contribution in [0.2, 0.25) is 0 Å². The van der Waals surface area contributed by atoms with Crippen molar-refractivity contribution in [2.24, 2.45) is 0 Å². The van der Waals surface area contributed by atoms with E-state index in [1.54, 1.807) is 13.8 Å². The Morgan fingerprint density at radius 1 is 1.42 bits per heavy atom. The van der Waals surface area contributed by atoms with Crippen molar-refractivity contribution < 1.29 is 14.7 Å². The number of aryl methyl sites for hydroxylation is 1. The Bertz CT molecular complexity index is 476. The first kappa shape index (κ1) is 14.9. The summed E-state index contributed by atoms with van der Waals surface area (Å²) in [5, 5.41) is 14.4. The van der Waals surface area contributed by atoms with Crippen LogP contribution in [0.25, 0.3) is 0 Å². The Balaban J connectivity index is 2.76. The Hall–Kier alpha value is -2.18. The molecule has 1 unspecified atom stereocenters. The zero-order valence-corrected chi connectivity index (χ0v) is 11.2. The number of hydrogen-bond donors (Lipinski definition) is 3. The van der Waals surface area contributed by atoms with Crippen LogP contribution in [0.15, 0.2) is 6.07 Å². The van der Waals surface area contributed by atoms with Gasteiger partial charge in [-0.3, -0.25) is 4.79 Å². The molecule has 7 nitrogen and oxygen atoms in total. The first-order chi connectivity index (χ1) is 8.93. The molecule has 3 N–H and O–H groups in total. The highest BCUT2D eigenvalue weighted by Gasteiger charge is 2.15. The molecular formula is C12H18N4O3. The summed E-state index contributed by atoms with van der Waals surface area (Å²) in [7, 11) is 0. The minimum absolute atomic E-state index is 0.101. The minimum atomic E-state index is -1.13. The standard InChI is InChI=1S/C12H18N4O3/c1-4-5-13-10(17)8(3)15-12-14-7(2)6-9(16-12)11(18)19/h6,8H,4-5H2,1-3H3,(H,13,17)(H,18,19)(H,14,15,16). The lowest BCUT2D eigenvalue weighted by molar-refractivity contribution is -0.121. The van der Waals surface area contributed by atoms with Gasteiger partial charge in [-0.05, 0) is 26.3 Å². The molecular weight excluding hydrogens is 248 g/mol. The molecule has 0 aromatic carbocycles. The van der Waals surface area contributed by atoms with Gasteiger partial charge in [0.25, 0.3) is 0 Å². The molecule has 1 aromatic rings. The Kier molecular flexibility index (Phi) is 5.23. The smallest absolute Gasteiger partial charge is 0.354 e. The molecule has 7 heteroatoms. The van der Waals surface area contributed by atoms with Gasteiger partial charge in [0.1, 0.15) is 6.04 Å². The minimum Gasteiger partial charge on any atom is -0.477 e. The molecule has 0 aliphatic rings. The van der Waals surface area contributed by atoms with E-state index in [0.717, 1.165) is 6.42 Å². The van der Waals surface area contributed by atoms with Gasteiger partial charge in [0.05, 0.1) is 0 Å². The fourth-order valence-corrected chi connectivity index (χ4v) is 1.40. The molecule has 0 aliphatic heterocycles. The molecule has 0 saturated heterocycles. The van der Waals surface area contributed by atoms with Crippen LogP contribution in [-0.4, -0.2) is 39.5 Å². The van der Waals surface area contributed by atoms with Crippen molar-refractivity contribution >= 4 is 17.8 Å². The van der Waals surface area contributed by atoms with Gasteiger partial charge in [0.2, 0.25) is 11.9 Å². The summed E-state index contributed by atoms with van der Waals surface area (Å²) in [6.45, 7) is 5.89. The van der Waals surface area contributed by atoms with Crippen molar-refractivity contribution in [3.8, 4) is 0 Å². The number of carboxylic acids is 1. The fourth-order valence-electron chi connectivity index (χ4n) is 1.40. The van der Waals surface area contributed by atoms with Gasteiger partial charge < -0.3 is 15.7 Å².